The van der Waals surface area contributed by atoms with Crippen LogP contribution in [0.15, 0.2) is 60.9 Å². The number of halogens is 1. The number of amides is 3. The number of rotatable bonds is 7. The highest BCUT2D eigenvalue weighted by Crippen LogP contribution is 2.39. The summed E-state index contributed by atoms with van der Waals surface area (Å²) < 4.78 is 11.5. The van der Waals surface area contributed by atoms with E-state index in [0.29, 0.717) is 53.8 Å². The van der Waals surface area contributed by atoms with Gasteiger partial charge in [-0.3, -0.25) is 19.9 Å². The standard InChI is InChI=1S/C30H30ClN5O6/c1-30(2)17-41-10-9-36(30)28(38)19-4-6-24(32-16-19)20-11-21-12-22(42-27(21)23(31)13-20)5-8-26(37)34-15-18-3-7-25(33-14-18)35-29(39)40/h3-8,11,13-14,16,22H,9-10,12,15,17H2,1-2H3,(H,33,35)(H,34,37)(H,39,40). The van der Waals surface area contributed by atoms with Crippen molar-refractivity contribution in [1.82, 2.24) is 20.2 Å². The third kappa shape index (κ3) is 6.69. The molecule has 1 atom stereocenters. The molecule has 5 rings (SSSR count). The fraction of sp³-hybridized carbons (Fsp3) is 0.300. The van der Waals surface area contributed by atoms with Gasteiger partial charge in [0.05, 0.1) is 35.0 Å². The Morgan fingerprint density at radius 3 is 2.69 bits per heavy atom. The average Bonchev–Trinajstić information content (AvgIpc) is 3.39. The van der Waals surface area contributed by atoms with Crippen LogP contribution in [0, 0.1) is 0 Å². The zero-order valence-electron chi connectivity index (χ0n) is 23.1. The molecule has 1 unspecified atom stereocenters. The number of benzene rings is 1. The number of hydrogen-bond donors (Lipinski definition) is 3. The van der Waals surface area contributed by atoms with Crippen molar-refractivity contribution < 1.29 is 29.0 Å². The zero-order chi connectivity index (χ0) is 29.9. The van der Waals surface area contributed by atoms with Gasteiger partial charge in [0.25, 0.3) is 5.91 Å². The molecule has 2 aromatic heterocycles. The van der Waals surface area contributed by atoms with Crippen molar-refractivity contribution in [2.45, 2.75) is 38.5 Å². The molecular formula is C30H30ClN5O6. The van der Waals surface area contributed by atoms with Crippen LogP contribution in [0.4, 0.5) is 10.6 Å². The fourth-order valence-corrected chi connectivity index (χ4v) is 5.12. The van der Waals surface area contributed by atoms with E-state index in [2.05, 4.69) is 20.6 Å². The number of nitrogens with one attached hydrogen (secondary N) is 2. The molecule has 12 heteroatoms. The molecule has 218 valence electrons. The number of anilines is 1. The molecule has 11 nitrogen and oxygen atoms in total. The van der Waals surface area contributed by atoms with Crippen LogP contribution < -0.4 is 15.4 Å². The second-order valence-corrected chi connectivity index (χ2v) is 11.0. The number of nitrogens with zero attached hydrogens (tertiary/aromatic N) is 3. The van der Waals surface area contributed by atoms with Crippen LogP contribution in [0.5, 0.6) is 5.75 Å². The van der Waals surface area contributed by atoms with E-state index in [1.165, 1.54) is 18.3 Å². The van der Waals surface area contributed by atoms with E-state index in [0.717, 1.165) is 11.1 Å². The third-order valence-electron chi connectivity index (χ3n) is 7.00. The van der Waals surface area contributed by atoms with Crippen LogP contribution in [0.25, 0.3) is 11.3 Å². The molecule has 2 aliphatic heterocycles. The lowest BCUT2D eigenvalue weighted by atomic mass is 10.0. The van der Waals surface area contributed by atoms with Crippen molar-refractivity contribution in [1.29, 1.82) is 0 Å². The lowest BCUT2D eigenvalue weighted by molar-refractivity contribution is -0.116. The Hall–Kier alpha value is -4.48. The molecule has 3 N–H and O–H groups in total. The minimum absolute atomic E-state index is 0.0796. The third-order valence-corrected chi connectivity index (χ3v) is 7.28. The molecule has 42 heavy (non-hydrogen) atoms. The molecule has 0 bridgehead atoms. The Morgan fingerprint density at radius 2 is 2.00 bits per heavy atom. The van der Waals surface area contributed by atoms with Crippen LogP contribution in [0.3, 0.4) is 0 Å². The first-order valence-electron chi connectivity index (χ1n) is 13.4. The van der Waals surface area contributed by atoms with Gasteiger partial charge in [-0.25, -0.2) is 9.78 Å². The smallest absolute Gasteiger partial charge is 0.410 e. The van der Waals surface area contributed by atoms with Gasteiger partial charge in [-0.15, -0.1) is 0 Å². The molecule has 1 saturated heterocycles. The molecule has 2 aliphatic rings. The number of hydrogen-bond acceptors (Lipinski definition) is 7. The van der Waals surface area contributed by atoms with E-state index in [4.69, 9.17) is 26.2 Å². The van der Waals surface area contributed by atoms with Crippen LogP contribution in [0.1, 0.15) is 35.3 Å². The summed E-state index contributed by atoms with van der Waals surface area (Å²) in [7, 11) is 0. The SMILES string of the molecule is CC1(C)COCCN1C(=O)c1ccc(-c2cc(Cl)c3c(c2)CC(C=CC(=O)NCc2ccc(NC(=O)O)nc2)O3)nc1. The van der Waals surface area contributed by atoms with Gasteiger partial charge in [0, 0.05) is 49.1 Å². The lowest BCUT2D eigenvalue weighted by Gasteiger charge is -2.42. The van der Waals surface area contributed by atoms with Crippen molar-refractivity contribution in [3.8, 4) is 17.0 Å². The van der Waals surface area contributed by atoms with E-state index in [-0.39, 0.29) is 35.8 Å². The van der Waals surface area contributed by atoms with Gasteiger partial charge in [0.2, 0.25) is 5.91 Å². The summed E-state index contributed by atoms with van der Waals surface area (Å²) in [5.41, 5.74) is 3.21. The van der Waals surface area contributed by atoms with Crippen LogP contribution in [-0.4, -0.2) is 69.3 Å². The number of ether oxygens (including phenoxy) is 2. The lowest BCUT2D eigenvalue weighted by Crippen LogP contribution is -2.55. The molecule has 4 heterocycles. The topological polar surface area (TPSA) is 143 Å². The van der Waals surface area contributed by atoms with Gasteiger partial charge in [-0.2, -0.15) is 0 Å². The number of aromatic nitrogens is 2. The monoisotopic (exact) mass is 591 g/mol. The van der Waals surface area contributed by atoms with E-state index >= 15 is 0 Å². The molecule has 3 aromatic rings. The quantitative estimate of drug-likeness (QED) is 0.345. The second kappa shape index (κ2) is 12.2. The highest BCUT2D eigenvalue weighted by Gasteiger charge is 2.34. The van der Waals surface area contributed by atoms with Crippen molar-refractivity contribution in [2.75, 3.05) is 25.1 Å². The van der Waals surface area contributed by atoms with Crippen LogP contribution in [0.2, 0.25) is 5.02 Å². The Labute approximate surface area is 247 Å². The van der Waals surface area contributed by atoms with Gasteiger partial charge < -0.3 is 24.8 Å². The summed E-state index contributed by atoms with van der Waals surface area (Å²) >= 11 is 6.55. The van der Waals surface area contributed by atoms with Crippen molar-refractivity contribution in [2.24, 2.45) is 0 Å². The molecule has 1 fully saturated rings. The average molecular weight is 592 g/mol. The Morgan fingerprint density at radius 1 is 1.17 bits per heavy atom. The number of morpholine rings is 1. The number of carbonyl (C=O) groups excluding carboxylic acids is 2. The van der Waals surface area contributed by atoms with Crippen molar-refractivity contribution in [3.05, 3.63) is 82.7 Å². The number of carbonyl (C=O) groups is 3. The Kier molecular flexibility index (Phi) is 8.41. The van der Waals surface area contributed by atoms with Gasteiger partial charge in [0.1, 0.15) is 17.7 Å². The van der Waals surface area contributed by atoms with E-state index in [1.807, 2.05) is 30.9 Å². The fourth-order valence-electron chi connectivity index (χ4n) is 4.84. The predicted molar refractivity (Wildman–Crippen MR) is 156 cm³/mol. The molecule has 0 aliphatic carbocycles. The first kappa shape index (κ1) is 29.0. The first-order chi connectivity index (χ1) is 20.1. The number of pyridine rings is 2. The second-order valence-electron chi connectivity index (χ2n) is 10.6. The Bertz CT molecular complexity index is 1520. The Balaban J connectivity index is 1.18. The summed E-state index contributed by atoms with van der Waals surface area (Å²) in [6.07, 6.45) is 5.11. The van der Waals surface area contributed by atoms with E-state index in [9.17, 15) is 14.4 Å². The highest BCUT2D eigenvalue weighted by molar-refractivity contribution is 6.32. The molecule has 3 amide bonds. The molecule has 0 spiro atoms. The highest BCUT2D eigenvalue weighted by atomic mass is 35.5. The minimum atomic E-state index is -1.20. The minimum Gasteiger partial charge on any atom is -0.484 e. The summed E-state index contributed by atoms with van der Waals surface area (Å²) in [5, 5.41) is 14.1. The van der Waals surface area contributed by atoms with Crippen LogP contribution in [-0.2, 0) is 22.5 Å². The van der Waals surface area contributed by atoms with E-state index < -0.39 is 6.09 Å². The molecule has 0 radical (unpaired) electrons. The predicted octanol–water partition coefficient (Wildman–Crippen LogP) is 4.31. The molecule has 1 aromatic carbocycles. The normalized spacial score (nSPS) is 17.4. The van der Waals surface area contributed by atoms with Gasteiger partial charge >= 0.3 is 6.09 Å². The largest absolute Gasteiger partial charge is 0.484 e. The molecule has 0 saturated carbocycles. The summed E-state index contributed by atoms with van der Waals surface area (Å²) in [5.74, 6) is 0.378. The van der Waals surface area contributed by atoms with Gasteiger partial charge in [-0.1, -0.05) is 17.7 Å². The maximum Gasteiger partial charge on any atom is 0.410 e. The van der Waals surface area contributed by atoms with Crippen molar-refractivity contribution >= 4 is 35.3 Å². The maximum atomic E-state index is 13.1. The maximum absolute atomic E-state index is 13.1. The van der Waals surface area contributed by atoms with Gasteiger partial charge in [0.15, 0.2) is 0 Å². The summed E-state index contributed by atoms with van der Waals surface area (Å²) in [6.45, 7) is 5.73. The summed E-state index contributed by atoms with van der Waals surface area (Å²) in [6, 6.07) is 10.5. The molecular weight excluding hydrogens is 562 g/mol. The summed E-state index contributed by atoms with van der Waals surface area (Å²) in [4.78, 5) is 46.5. The van der Waals surface area contributed by atoms with Crippen molar-refractivity contribution in [3.63, 3.8) is 0 Å². The number of carboxylic acid groups (broad SMARTS) is 1. The number of fused-ring (bicyclic) bond motifs is 1. The van der Waals surface area contributed by atoms with E-state index in [1.54, 1.807) is 30.5 Å². The van der Waals surface area contributed by atoms with Crippen LogP contribution >= 0.6 is 11.6 Å². The zero-order valence-corrected chi connectivity index (χ0v) is 23.9. The first-order valence-corrected chi connectivity index (χ1v) is 13.7. The van der Waals surface area contributed by atoms with Gasteiger partial charge in [-0.05, 0) is 55.8 Å².